The Hall–Kier alpha value is -1.36. The van der Waals surface area contributed by atoms with Gasteiger partial charge in [-0.3, -0.25) is 13.9 Å². The van der Waals surface area contributed by atoms with Gasteiger partial charge in [0.15, 0.2) is 0 Å². The predicted octanol–water partition coefficient (Wildman–Crippen LogP) is -0.313. The topological polar surface area (TPSA) is 184 Å². The van der Waals surface area contributed by atoms with Crippen molar-refractivity contribution < 1.29 is 38.2 Å². The molecule has 0 amide bonds. The minimum absolute atomic E-state index is 0.0318. The second-order valence-electron chi connectivity index (χ2n) is 5.93. The van der Waals surface area contributed by atoms with Crippen LogP contribution in [0.2, 0.25) is 0 Å². The monoisotopic (exact) mass is 425 g/mol. The number of aromatic nitrogens is 3. The number of ether oxygens (including phenoxy) is 2. The van der Waals surface area contributed by atoms with Crippen LogP contribution < -0.4 is 5.56 Å². The molecule has 152 valence electrons. The Kier molecular flexibility index (Phi) is 7.49. The fraction of sp³-hybridized carbons (Fsp3) is 0.538. The molecule has 27 heavy (non-hydrogen) atoms. The predicted molar refractivity (Wildman–Crippen MR) is 94.4 cm³/mol. The molecule has 0 aliphatic rings. The quantitative estimate of drug-likeness (QED) is 0.236. The molecule has 0 bridgehead atoms. The van der Waals surface area contributed by atoms with Gasteiger partial charge in [-0.2, -0.15) is 0 Å². The van der Waals surface area contributed by atoms with E-state index in [9.17, 15) is 13.9 Å². The minimum Gasteiger partial charge on any atom is -0.380 e. The van der Waals surface area contributed by atoms with E-state index in [1.807, 2.05) is 0 Å². The Morgan fingerprint density at radius 1 is 1.15 bits per heavy atom. The number of aromatic amines is 1. The van der Waals surface area contributed by atoms with E-state index in [-0.39, 0.29) is 31.9 Å². The van der Waals surface area contributed by atoms with Gasteiger partial charge < -0.3 is 38.6 Å². The van der Waals surface area contributed by atoms with Crippen molar-refractivity contribution in [1.82, 2.24) is 14.5 Å². The van der Waals surface area contributed by atoms with Gasteiger partial charge in [0.1, 0.15) is 12.0 Å². The van der Waals surface area contributed by atoms with Crippen molar-refractivity contribution in [2.75, 3.05) is 32.3 Å². The van der Waals surface area contributed by atoms with Gasteiger partial charge in [-0.1, -0.05) is 0 Å². The Bertz CT molecular complexity index is 900. The highest BCUT2D eigenvalue weighted by molar-refractivity contribution is 7.51. The largest absolute Gasteiger partial charge is 0.380 e. The van der Waals surface area contributed by atoms with Crippen molar-refractivity contribution >= 4 is 26.2 Å². The number of rotatable bonds is 11. The third kappa shape index (κ3) is 7.65. The molecule has 2 aromatic heterocycles. The van der Waals surface area contributed by atoms with Crippen LogP contribution in [0.1, 0.15) is 0 Å². The molecule has 5 N–H and O–H groups in total. The summed E-state index contributed by atoms with van der Waals surface area (Å²) in [6.45, 7) is 0.0501. The molecule has 0 fully saturated rings. The average Bonchev–Trinajstić information content (AvgIpc) is 2.93. The molecule has 0 aliphatic carbocycles. The molecule has 12 nitrogen and oxygen atoms in total. The third-order valence-corrected chi connectivity index (χ3v) is 4.79. The highest BCUT2D eigenvalue weighted by Gasteiger charge is 2.19. The second kappa shape index (κ2) is 9.22. The maximum Gasteiger partial charge on any atom is 0.350 e. The SMILES string of the molecule is O=c1[nH]cnc2c1ccn2CC(COCCP(=O)(O)O)COCP(=O)(O)O. The van der Waals surface area contributed by atoms with Crippen LogP contribution in [0.15, 0.2) is 23.4 Å². The zero-order chi connectivity index (χ0) is 20.1. The Morgan fingerprint density at radius 3 is 2.52 bits per heavy atom. The van der Waals surface area contributed by atoms with Gasteiger partial charge in [0.2, 0.25) is 0 Å². The van der Waals surface area contributed by atoms with Gasteiger partial charge in [0.25, 0.3) is 5.56 Å². The summed E-state index contributed by atoms with van der Waals surface area (Å²) >= 11 is 0. The highest BCUT2D eigenvalue weighted by Crippen LogP contribution is 2.34. The molecule has 1 atom stereocenters. The summed E-state index contributed by atoms with van der Waals surface area (Å²) < 4.78 is 33.7. The standard InChI is InChI=1S/C13H21N3O9P2/c17-13-11-1-2-16(12(11)14-8-15-13)5-10(7-25-9-27(21,22)23)6-24-3-4-26(18,19)20/h1-2,8,10H,3-7,9H2,(H,14,15,17)(H2,18,19,20)(H2,21,22,23). The van der Waals surface area contributed by atoms with Crippen LogP contribution in [0.4, 0.5) is 0 Å². The Balaban J connectivity index is 2.03. The first-order valence-electron chi connectivity index (χ1n) is 7.82. The van der Waals surface area contributed by atoms with Crippen LogP contribution in [0.3, 0.4) is 0 Å². The van der Waals surface area contributed by atoms with Crippen molar-refractivity contribution in [3.8, 4) is 0 Å². The van der Waals surface area contributed by atoms with Gasteiger partial charge in [0, 0.05) is 18.7 Å². The normalized spacial score (nSPS) is 13.9. The summed E-state index contributed by atoms with van der Waals surface area (Å²) in [5, 5.41) is 0.384. The lowest BCUT2D eigenvalue weighted by Gasteiger charge is -2.19. The van der Waals surface area contributed by atoms with Gasteiger partial charge in [-0.25, -0.2) is 4.98 Å². The van der Waals surface area contributed by atoms with Crippen molar-refractivity contribution in [2.45, 2.75) is 6.54 Å². The lowest BCUT2D eigenvalue weighted by Crippen LogP contribution is -2.23. The number of H-pyrrole nitrogens is 1. The van der Waals surface area contributed by atoms with Crippen LogP contribution in [0.25, 0.3) is 11.0 Å². The summed E-state index contributed by atoms with van der Waals surface area (Å²) in [6.07, 6.45) is 1.71. The van der Waals surface area contributed by atoms with Gasteiger partial charge in [0.05, 0.1) is 37.7 Å². The fourth-order valence-corrected chi connectivity index (χ4v) is 3.08. The molecule has 0 radical (unpaired) electrons. The first-order chi connectivity index (χ1) is 12.6. The maximum atomic E-state index is 11.7. The lowest BCUT2D eigenvalue weighted by atomic mass is 10.2. The summed E-state index contributed by atoms with van der Waals surface area (Å²) in [5.41, 5.74) is 0.125. The van der Waals surface area contributed by atoms with Gasteiger partial charge in [-0.15, -0.1) is 0 Å². The average molecular weight is 425 g/mol. The molecule has 0 spiro atoms. The van der Waals surface area contributed by atoms with Crippen LogP contribution in [-0.2, 0) is 25.1 Å². The molecular weight excluding hydrogens is 404 g/mol. The van der Waals surface area contributed by atoms with E-state index in [1.54, 1.807) is 16.8 Å². The third-order valence-electron chi connectivity index (χ3n) is 3.51. The molecule has 2 aromatic rings. The van der Waals surface area contributed by atoms with Crippen molar-refractivity contribution in [3.05, 3.63) is 28.9 Å². The van der Waals surface area contributed by atoms with Crippen molar-refractivity contribution in [1.29, 1.82) is 0 Å². The molecule has 2 rings (SSSR count). The summed E-state index contributed by atoms with van der Waals surface area (Å²) in [4.78, 5) is 53.7. The molecule has 0 aromatic carbocycles. The molecular formula is C13H21N3O9P2. The van der Waals surface area contributed by atoms with Gasteiger partial charge >= 0.3 is 15.2 Å². The molecule has 0 saturated carbocycles. The number of nitrogens with one attached hydrogen (secondary N) is 1. The van der Waals surface area contributed by atoms with Crippen LogP contribution in [-0.4, -0.2) is 66.4 Å². The van der Waals surface area contributed by atoms with Crippen LogP contribution >= 0.6 is 15.2 Å². The lowest BCUT2D eigenvalue weighted by molar-refractivity contribution is 0.0468. The summed E-state index contributed by atoms with van der Waals surface area (Å²) in [6, 6.07) is 1.59. The van der Waals surface area contributed by atoms with E-state index < -0.39 is 33.6 Å². The van der Waals surface area contributed by atoms with Crippen molar-refractivity contribution in [3.63, 3.8) is 0 Å². The first kappa shape index (κ1) is 21.9. The van der Waals surface area contributed by atoms with Crippen molar-refractivity contribution in [2.24, 2.45) is 5.92 Å². The number of nitrogens with zero attached hydrogens (tertiary/aromatic N) is 2. The van der Waals surface area contributed by atoms with E-state index in [1.165, 1.54) is 6.33 Å². The van der Waals surface area contributed by atoms with Crippen LogP contribution in [0.5, 0.6) is 0 Å². The summed E-state index contributed by atoms with van der Waals surface area (Å²) in [7, 11) is -8.50. The number of hydrogen-bond donors (Lipinski definition) is 5. The smallest absolute Gasteiger partial charge is 0.350 e. The zero-order valence-electron chi connectivity index (χ0n) is 14.2. The van der Waals surface area contributed by atoms with E-state index in [0.717, 1.165) is 0 Å². The molecule has 2 heterocycles. The maximum absolute atomic E-state index is 11.7. The van der Waals surface area contributed by atoms with E-state index in [0.29, 0.717) is 11.0 Å². The fourth-order valence-electron chi connectivity index (χ4n) is 2.37. The molecule has 14 heteroatoms. The van der Waals surface area contributed by atoms with Gasteiger partial charge in [-0.05, 0) is 6.07 Å². The molecule has 0 aliphatic heterocycles. The second-order valence-corrected chi connectivity index (χ2v) is 9.29. The first-order valence-corrected chi connectivity index (χ1v) is 11.4. The van der Waals surface area contributed by atoms with Crippen LogP contribution in [0, 0.1) is 5.92 Å². The molecule has 0 saturated heterocycles. The number of hydrogen-bond acceptors (Lipinski definition) is 6. The van der Waals surface area contributed by atoms with E-state index >= 15 is 0 Å². The molecule has 1 unspecified atom stereocenters. The Morgan fingerprint density at radius 2 is 1.85 bits per heavy atom. The zero-order valence-corrected chi connectivity index (χ0v) is 16.0. The Labute approximate surface area is 153 Å². The summed E-state index contributed by atoms with van der Waals surface area (Å²) in [5.74, 6) is -0.398. The highest BCUT2D eigenvalue weighted by atomic mass is 31.2. The minimum atomic E-state index is -4.32. The van der Waals surface area contributed by atoms with E-state index in [4.69, 9.17) is 29.0 Å². The number of fused-ring (bicyclic) bond motifs is 1. The van der Waals surface area contributed by atoms with E-state index in [2.05, 4.69) is 9.97 Å².